The molecule has 0 saturated carbocycles. The lowest BCUT2D eigenvalue weighted by molar-refractivity contribution is -0.173. The molecule has 4 nitrogen and oxygen atoms in total. The van der Waals surface area contributed by atoms with Gasteiger partial charge in [-0.2, -0.15) is 0 Å². The average Bonchev–Trinajstić information content (AvgIpc) is 2.72. The zero-order valence-electron chi connectivity index (χ0n) is 16.7. The lowest BCUT2D eigenvalue weighted by atomic mass is 9.88. The molecule has 2 aliphatic heterocycles. The zero-order chi connectivity index (χ0) is 19.5. The van der Waals surface area contributed by atoms with Crippen LogP contribution in [0.4, 0.5) is 0 Å². The van der Waals surface area contributed by atoms with Crippen LogP contribution in [0.15, 0.2) is 60.8 Å². The molecule has 148 valence electrons. The Morgan fingerprint density at radius 1 is 1.00 bits per heavy atom. The van der Waals surface area contributed by atoms with Crippen LogP contribution in [0.1, 0.15) is 41.9 Å². The Morgan fingerprint density at radius 2 is 1.68 bits per heavy atom. The van der Waals surface area contributed by atoms with Gasteiger partial charge in [-0.1, -0.05) is 48.5 Å². The summed E-state index contributed by atoms with van der Waals surface area (Å²) >= 11 is 0. The van der Waals surface area contributed by atoms with Gasteiger partial charge in [0.1, 0.15) is 5.75 Å². The van der Waals surface area contributed by atoms with Crippen molar-refractivity contribution in [2.24, 2.45) is 0 Å². The molecule has 0 radical (unpaired) electrons. The van der Waals surface area contributed by atoms with E-state index in [9.17, 15) is 5.11 Å². The molecule has 1 unspecified atom stereocenters. The van der Waals surface area contributed by atoms with E-state index in [0.29, 0.717) is 17.7 Å². The second-order valence-electron chi connectivity index (χ2n) is 8.05. The summed E-state index contributed by atoms with van der Waals surface area (Å²) in [5.74, 6) is 0.918. The number of benzene rings is 2. The van der Waals surface area contributed by atoms with E-state index in [2.05, 4.69) is 54.8 Å². The van der Waals surface area contributed by atoms with Crippen LogP contribution in [-0.4, -0.2) is 40.8 Å². The molecule has 28 heavy (non-hydrogen) atoms. The summed E-state index contributed by atoms with van der Waals surface area (Å²) in [5.41, 5.74) is 4.94. The predicted octanol–water partition coefficient (Wildman–Crippen LogP) is 4.60. The maximum Gasteiger partial charge on any atom is 0.115 e. The first-order chi connectivity index (χ1) is 13.6. The fourth-order valence-electron chi connectivity index (χ4n) is 4.38. The Morgan fingerprint density at radius 3 is 2.36 bits per heavy atom. The number of phenols is 1. The van der Waals surface area contributed by atoms with E-state index in [0.717, 1.165) is 51.2 Å². The van der Waals surface area contributed by atoms with Crippen molar-refractivity contribution in [3.8, 4) is 5.75 Å². The van der Waals surface area contributed by atoms with Crippen LogP contribution in [0.5, 0.6) is 5.75 Å². The van der Waals surface area contributed by atoms with E-state index in [1.54, 1.807) is 12.1 Å². The maximum absolute atomic E-state index is 9.51. The number of piperidine rings is 1. The number of hydrogen-bond acceptors (Lipinski definition) is 4. The Hall–Kier alpha value is -2.30. The van der Waals surface area contributed by atoms with E-state index < -0.39 is 0 Å². The normalized spacial score (nSPS) is 21.8. The predicted molar refractivity (Wildman–Crippen MR) is 112 cm³/mol. The van der Waals surface area contributed by atoms with Gasteiger partial charge in [0.05, 0.1) is 24.9 Å². The topological polar surface area (TPSA) is 35.9 Å². The fourth-order valence-corrected chi connectivity index (χ4v) is 4.38. The number of hydroxylamine groups is 2. The van der Waals surface area contributed by atoms with Gasteiger partial charge in [0.2, 0.25) is 0 Å². The van der Waals surface area contributed by atoms with E-state index in [1.807, 2.05) is 5.06 Å². The molecule has 2 saturated heterocycles. The Balaban J connectivity index is 1.36. The largest absolute Gasteiger partial charge is 0.508 e. The van der Waals surface area contributed by atoms with Gasteiger partial charge >= 0.3 is 0 Å². The molecule has 0 aromatic heterocycles. The Kier molecular flexibility index (Phi) is 5.69. The molecular formula is C24H30N2O2. The first-order valence-electron chi connectivity index (χ1n) is 10.3. The molecule has 0 bridgehead atoms. The van der Waals surface area contributed by atoms with Crippen LogP contribution < -0.4 is 0 Å². The molecule has 2 aromatic rings. The lowest BCUT2D eigenvalue weighted by Gasteiger charge is -2.44. The lowest BCUT2D eigenvalue weighted by Crippen LogP contribution is -2.48. The molecule has 2 aliphatic rings. The molecule has 2 heterocycles. The second-order valence-corrected chi connectivity index (χ2v) is 8.05. The first kappa shape index (κ1) is 19.0. The van der Waals surface area contributed by atoms with Crippen LogP contribution in [0.2, 0.25) is 0 Å². The highest BCUT2D eigenvalue weighted by Gasteiger charge is 2.32. The van der Waals surface area contributed by atoms with Crippen LogP contribution >= 0.6 is 0 Å². The minimum absolute atomic E-state index is 0.341. The summed E-state index contributed by atoms with van der Waals surface area (Å²) < 4.78 is 0. The van der Waals surface area contributed by atoms with Crippen molar-refractivity contribution in [1.29, 1.82) is 0 Å². The average molecular weight is 379 g/mol. The minimum Gasteiger partial charge on any atom is -0.508 e. The summed E-state index contributed by atoms with van der Waals surface area (Å²) in [6, 6.07) is 16.7. The van der Waals surface area contributed by atoms with Crippen LogP contribution in [0.3, 0.4) is 0 Å². The third kappa shape index (κ3) is 4.23. The van der Waals surface area contributed by atoms with E-state index >= 15 is 0 Å². The highest BCUT2D eigenvalue weighted by Crippen LogP contribution is 2.33. The van der Waals surface area contributed by atoms with Crippen molar-refractivity contribution >= 4 is 0 Å². The van der Waals surface area contributed by atoms with E-state index in [-0.39, 0.29) is 0 Å². The van der Waals surface area contributed by atoms with Crippen molar-refractivity contribution in [2.45, 2.75) is 44.7 Å². The molecule has 1 N–H and O–H groups in total. The van der Waals surface area contributed by atoms with Gasteiger partial charge in [-0.15, -0.1) is 0 Å². The molecule has 4 heteroatoms. The maximum atomic E-state index is 9.51. The van der Waals surface area contributed by atoms with Crippen molar-refractivity contribution in [3.05, 3.63) is 77.5 Å². The van der Waals surface area contributed by atoms with E-state index in [1.165, 1.54) is 16.7 Å². The smallest absolute Gasteiger partial charge is 0.115 e. The number of aromatic hydroxyl groups is 1. The fraction of sp³-hybridized carbons (Fsp3) is 0.417. The zero-order valence-corrected chi connectivity index (χ0v) is 16.7. The molecule has 1 atom stereocenters. The molecule has 2 aromatic carbocycles. The summed E-state index contributed by atoms with van der Waals surface area (Å²) in [5, 5.41) is 11.5. The summed E-state index contributed by atoms with van der Waals surface area (Å²) in [4.78, 5) is 8.50. The minimum atomic E-state index is 0.341. The van der Waals surface area contributed by atoms with Gasteiger partial charge in [0, 0.05) is 0 Å². The van der Waals surface area contributed by atoms with Crippen LogP contribution in [0.25, 0.3) is 0 Å². The number of hydrogen-bond donors (Lipinski definition) is 1. The number of likely N-dealkylation sites (tertiary alicyclic amines) is 1. The number of phenolic OH excluding ortho intramolecular Hbond substituents is 1. The van der Waals surface area contributed by atoms with E-state index in [4.69, 9.17) is 4.84 Å². The standard InChI is InChI=1S/C24H30N2O2/c1-18-3-5-20(6-4-18)17-26-19(2)24(13-16-28-26)25-14-11-22(12-15-25)21-7-9-23(27)10-8-21/h3-10,22,24,27H,2,11-17H2,1H3. The van der Waals surface area contributed by atoms with Gasteiger partial charge in [-0.25, -0.2) is 0 Å². The van der Waals surface area contributed by atoms with Crippen molar-refractivity contribution in [2.75, 3.05) is 19.7 Å². The molecule has 2 fully saturated rings. The van der Waals surface area contributed by atoms with Gasteiger partial charge in [-0.05, 0) is 68.5 Å². The second kappa shape index (κ2) is 8.38. The number of nitrogens with zero attached hydrogens (tertiary/aromatic N) is 2. The van der Waals surface area contributed by atoms with Crippen molar-refractivity contribution in [1.82, 2.24) is 9.96 Å². The first-order valence-corrected chi connectivity index (χ1v) is 10.3. The van der Waals surface area contributed by atoms with Crippen LogP contribution in [0, 0.1) is 6.92 Å². The van der Waals surface area contributed by atoms with Gasteiger partial charge < -0.3 is 5.11 Å². The molecular weight excluding hydrogens is 348 g/mol. The third-order valence-electron chi connectivity index (χ3n) is 6.13. The van der Waals surface area contributed by atoms with Gasteiger partial charge in [-0.3, -0.25) is 14.8 Å². The molecule has 0 aliphatic carbocycles. The van der Waals surface area contributed by atoms with Crippen molar-refractivity contribution in [3.63, 3.8) is 0 Å². The molecule has 4 rings (SSSR count). The van der Waals surface area contributed by atoms with Crippen LogP contribution in [-0.2, 0) is 11.4 Å². The van der Waals surface area contributed by atoms with Gasteiger partial charge in [0.25, 0.3) is 0 Å². The summed E-state index contributed by atoms with van der Waals surface area (Å²) in [6.07, 6.45) is 3.30. The van der Waals surface area contributed by atoms with Gasteiger partial charge in [0.15, 0.2) is 0 Å². The molecule has 0 amide bonds. The number of aryl methyl sites for hydroxylation is 1. The SMILES string of the molecule is C=C1C(N2CCC(c3ccc(O)cc3)CC2)CCON1Cc1ccc(C)cc1. The quantitative estimate of drug-likeness (QED) is 0.843. The molecule has 0 spiro atoms. The highest BCUT2D eigenvalue weighted by atomic mass is 16.7. The Bertz CT molecular complexity index is 792. The van der Waals surface area contributed by atoms with Crippen molar-refractivity contribution < 1.29 is 9.94 Å². The third-order valence-corrected chi connectivity index (χ3v) is 6.13. The summed E-state index contributed by atoms with van der Waals surface area (Å²) in [7, 11) is 0. The summed E-state index contributed by atoms with van der Waals surface area (Å²) in [6.45, 7) is 10.1. The monoisotopic (exact) mass is 378 g/mol. The Labute approximate surface area is 168 Å². The highest BCUT2D eigenvalue weighted by molar-refractivity contribution is 5.29. The number of rotatable bonds is 4.